The summed E-state index contributed by atoms with van der Waals surface area (Å²) < 4.78 is 0. The largest absolute Gasteiger partial charge is 0.373 e. The summed E-state index contributed by atoms with van der Waals surface area (Å²) in [4.78, 5) is 10.4. The van der Waals surface area contributed by atoms with Crippen molar-refractivity contribution in [2.24, 2.45) is 0 Å². The molecule has 0 radical (unpaired) electrons. The minimum absolute atomic E-state index is 0.321. The SMILES string of the molecule is CNc1cc(Sc2ccc(C)cc2C)nc(C(C)C)n1. The number of rotatable bonds is 4. The second-order valence-corrected chi connectivity index (χ2v) is 6.29. The van der Waals surface area contributed by atoms with Gasteiger partial charge in [-0.1, -0.05) is 43.3 Å². The molecule has 2 rings (SSSR count). The van der Waals surface area contributed by atoms with E-state index in [-0.39, 0.29) is 0 Å². The van der Waals surface area contributed by atoms with Crippen molar-refractivity contribution in [3.63, 3.8) is 0 Å². The van der Waals surface area contributed by atoms with E-state index in [0.717, 1.165) is 16.7 Å². The number of aryl methyl sites for hydroxylation is 2. The van der Waals surface area contributed by atoms with E-state index in [0.29, 0.717) is 5.92 Å². The third-order valence-electron chi connectivity index (χ3n) is 3.04. The molecule has 106 valence electrons. The summed E-state index contributed by atoms with van der Waals surface area (Å²) in [5.41, 5.74) is 2.57. The molecule has 0 saturated carbocycles. The normalized spacial score (nSPS) is 10.9. The fraction of sp³-hybridized carbons (Fsp3) is 0.375. The van der Waals surface area contributed by atoms with E-state index in [9.17, 15) is 0 Å². The fourth-order valence-electron chi connectivity index (χ4n) is 1.91. The molecular weight excluding hydrogens is 266 g/mol. The maximum Gasteiger partial charge on any atom is 0.134 e. The highest BCUT2D eigenvalue weighted by Gasteiger charge is 2.09. The number of nitrogens with one attached hydrogen (secondary N) is 1. The Labute approximate surface area is 125 Å². The van der Waals surface area contributed by atoms with Crippen LogP contribution in [0.5, 0.6) is 0 Å². The second kappa shape index (κ2) is 6.27. The summed E-state index contributed by atoms with van der Waals surface area (Å²) in [6, 6.07) is 8.49. The molecule has 4 heteroatoms. The lowest BCUT2D eigenvalue weighted by Gasteiger charge is -2.11. The molecular formula is C16H21N3S. The Balaban J connectivity index is 2.34. The molecule has 0 saturated heterocycles. The molecule has 1 aromatic carbocycles. The van der Waals surface area contributed by atoms with Gasteiger partial charge in [0.05, 0.1) is 0 Å². The Bertz CT molecular complexity index is 609. The molecule has 0 unspecified atom stereocenters. The van der Waals surface area contributed by atoms with Gasteiger partial charge in [0.15, 0.2) is 0 Å². The first-order chi connectivity index (χ1) is 9.49. The molecule has 1 N–H and O–H groups in total. The quantitative estimate of drug-likeness (QED) is 0.845. The summed E-state index contributed by atoms with van der Waals surface area (Å²) >= 11 is 1.69. The first-order valence-corrected chi connectivity index (χ1v) is 7.63. The Hall–Kier alpha value is -1.55. The fourth-order valence-corrected chi connectivity index (χ4v) is 2.80. The van der Waals surface area contributed by atoms with Crippen molar-refractivity contribution in [1.29, 1.82) is 0 Å². The van der Waals surface area contributed by atoms with Crippen molar-refractivity contribution in [2.75, 3.05) is 12.4 Å². The second-order valence-electron chi connectivity index (χ2n) is 5.23. The number of hydrogen-bond acceptors (Lipinski definition) is 4. The first kappa shape index (κ1) is 14.9. The molecule has 3 nitrogen and oxygen atoms in total. The van der Waals surface area contributed by atoms with E-state index in [1.165, 1.54) is 16.0 Å². The van der Waals surface area contributed by atoms with Gasteiger partial charge in [-0.15, -0.1) is 0 Å². The number of anilines is 1. The zero-order valence-corrected chi connectivity index (χ0v) is 13.5. The van der Waals surface area contributed by atoms with E-state index in [4.69, 9.17) is 0 Å². The Morgan fingerprint density at radius 2 is 1.85 bits per heavy atom. The van der Waals surface area contributed by atoms with Crippen LogP contribution in [-0.4, -0.2) is 17.0 Å². The van der Waals surface area contributed by atoms with Crippen LogP contribution >= 0.6 is 11.8 Å². The predicted molar refractivity (Wildman–Crippen MR) is 85.7 cm³/mol. The van der Waals surface area contributed by atoms with Gasteiger partial charge in [-0.3, -0.25) is 0 Å². The van der Waals surface area contributed by atoms with Crippen molar-refractivity contribution >= 4 is 17.6 Å². The van der Waals surface area contributed by atoms with Gasteiger partial charge in [0, 0.05) is 23.9 Å². The molecule has 0 aliphatic carbocycles. The van der Waals surface area contributed by atoms with Gasteiger partial charge in [0.25, 0.3) is 0 Å². The lowest BCUT2D eigenvalue weighted by atomic mass is 10.2. The predicted octanol–water partition coefficient (Wildman–Crippen LogP) is 4.41. The molecule has 0 spiro atoms. The van der Waals surface area contributed by atoms with Gasteiger partial charge >= 0.3 is 0 Å². The summed E-state index contributed by atoms with van der Waals surface area (Å²) in [5.74, 6) is 2.07. The summed E-state index contributed by atoms with van der Waals surface area (Å²) in [6.07, 6.45) is 0. The minimum atomic E-state index is 0.321. The van der Waals surface area contributed by atoms with E-state index in [2.05, 4.69) is 61.2 Å². The number of nitrogens with zero attached hydrogens (tertiary/aromatic N) is 2. The summed E-state index contributed by atoms with van der Waals surface area (Å²) in [7, 11) is 1.89. The maximum atomic E-state index is 4.65. The highest BCUT2D eigenvalue weighted by molar-refractivity contribution is 7.99. The summed E-state index contributed by atoms with van der Waals surface area (Å²) in [6.45, 7) is 8.47. The van der Waals surface area contributed by atoms with Crippen LogP contribution in [0.15, 0.2) is 34.2 Å². The zero-order chi connectivity index (χ0) is 14.7. The van der Waals surface area contributed by atoms with Crippen LogP contribution in [0, 0.1) is 13.8 Å². The molecule has 0 atom stereocenters. The molecule has 0 fully saturated rings. The third-order valence-corrected chi connectivity index (χ3v) is 4.13. The van der Waals surface area contributed by atoms with Crippen LogP contribution in [0.1, 0.15) is 36.7 Å². The van der Waals surface area contributed by atoms with Crippen LogP contribution in [-0.2, 0) is 0 Å². The molecule has 0 bridgehead atoms. The Kier molecular flexibility index (Phi) is 4.65. The van der Waals surface area contributed by atoms with Gasteiger partial charge in [0.1, 0.15) is 16.7 Å². The smallest absolute Gasteiger partial charge is 0.134 e. The highest BCUT2D eigenvalue weighted by atomic mass is 32.2. The number of benzene rings is 1. The molecule has 1 aromatic heterocycles. The maximum absolute atomic E-state index is 4.65. The number of hydrogen-bond donors (Lipinski definition) is 1. The van der Waals surface area contributed by atoms with Crippen molar-refractivity contribution in [1.82, 2.24) is 9.97 Å². The first-order valence-electron chi connectivity index (χ1n) is 6.81. The summed E-state index contributed by atoms with van der Waals surface area (Å²) in [5, 5.41) is 4.09. The lowest BCUT2D eigenvalue weighted by Crippen LogP contribution is -2.02. The van der Waals surface area contributed by atoms with Gasteiger partial charge < -0.3 is 5.32 Å². The van der Waals surface area contributed by atoms with Gasteiger partial charge in [-0.05, 0) is 25.5 Å². The van der Waals surface area contributed by atoms with Gasteiger partial charge in [0.2, 0.25) is 0 Å². The molecule has 20 heavy (non-hydrogen) atoms. The average Bonchev–Trinajstić information content (AvgIpc) is 2.41. The van der Waals surface area contributed by atoms with Crippen molar-refractivity contribution in [3.8, 4) is 0 Å². The number of aromatic nitrogens is 2. The Morgan fingerprint density at radius 3 is 2.45 bits per heavy atom. The van der Waals surface area contributed by atoms with Gasteiger partial charge in [-0.25, -0.2) is 9.97 Å². The van der Waals surface area contributed by atoms with Crippen molar-refractivity contribution in [2.45, 2.75) is 43.5 Å². The van der Waals surface area contributed by atoms with Crippen molar-refractivity contribution < 1.29 is 0 Å². The molecule has 2 aromatic rings. The van der Waals surface area contributed by atoms with Crippen molar-refractivity contribution in [3.05, 3.63) is 41.2 Å². The molecule has 0 amide bonds. The van der Waals surface area contributed by atoms with E-state index < -0.39 is 0 Å². The Morgan fingerprint density at radius 1 is 1.10 bits per heavy atom. The third kappa shape index (κ3) is 3.51. The van der Waals surface area contributed by atoms with E-state index in [1.54, 1.807) is 11.8 Å². The van der Waals surface area contributed by atoms with Crippen LogP contribution in [0.3, 0.4) is 0 Å². The van der Waals surface area contributed by atoms with Crippen LogP contribution in [0.2, 0.25) is 0 Å². The molecule has 1 heterocycles. The van der Waals surface area contributed by atoms with Crippen LogP contribution < -0.4 is 5.32 Å². The van der Waals surface area contributed by atoms with Crippen LogP contribution in [0.4, 0.5) is 5.82 Å². The zero-order valence-electron chi connectivity index (χ0n) is 12.7. The standard InChI is InChI=1S/C16H21N3S/c1-10(2)16-18-14(17-5)9-15(19-16)20-13-7-6-11(3)8-12(13)4/h6-10H,1-5H3,(H,17,18,19). The van der Waals surface area contributed by atoms with E-state index >= 15 is 0 Å². The lowest BCUT2D eigenvalue weighted by molar-refractivity contribution is 0.755. The highest BCUT2D eigenvalue weighted by Crippen LogP contribution is 2.31. The topological polar surface area (TPSA) is 37.8 Å². The van der Waals surface area contributed by atoms with E-state index in [1.807, 2.05) is 13.1 Å². The molecule has 0 aliphatic heterocycles. The monoisotopic (exact) mass is 287 g/mol. The van der Waals surface area contributed by atoms with Crippen LogP contribution in [0.25, 0.3) is 0 Å². The molecule has 0 aliphatic rings. The minimum Gasteiger partial charge on any atom is -0.373 e. The van der Waals surface area contributed by atoms with Gasteiger partial charge in [-0.2, -0.15) is 0 Å². The average molecular weight is 287 g/mol.